The van der Waals surface area contributed by atoms with E-state index < -0.39 is 0 Å². The summed E-state index contributed by atoms with van der Waals surface area (Å²) in [7, 11) is 1.65. The van der Waals surface area contributed by atoms with Gasteiger partial charge in [0.05, 0.1) is 18.8 Å². The van der Waals surface area contributed by atoms with Gasteiger partial charge >= 0.3 is 0 Å². The fraction of sp³-hybridized carbons (Fsp3) is 0.190. The Labute approximate surface area is 161 Å². The minimum absolute atomic E-state index is 0.187. The smallest absolute Gasteiger partial charge is 0.227 e. The van der Waals surface area contributed by atoms with Crippen molar-refractivity contribution in [2.24, 2.45) is 0 Å². The number of pyridine rings is 1. The van der Waals surface area contributed by atoms with Gasteiger partial charge in [-0.2, -0.15) is 5.10 Å². The molecule has 2 N–H and O–H groups in total. The predicted octanol–water partition coefficient (Wildman–Crippen LogP) is 3.99. The summed E-state index contributed by atoms with van der Waals surface area (Å²) in [6.07, 6.45) is 3.35. The van der Waals surface area contributed by atoms with Gasteiger partial charge in [0.15, 0.2) is 5.82 Å². The highest BCUT2D eigenvalue weighted by atomic mass is 16.5. The molecule has 0 radical (unpaired) electrons. The third kappa shape index (κ3) is 2.72. The van der Waals surface area contributed by atoms with Crippen molar-refractivity contribution in [3.05, 3.63) is 48.7 Å². The number of hydrogen-bond acceptors (Lipinski definition) is 5. The summed E-state index contributed by atoms with van der Waals surface area (Å²) in [5.74, 6) is 1.67. The molecule has 7 heteroatoms. The monoisotopic (exact) mass is 373 g/mol. The summed E-state index contributed by atoms with van der Waals surface area (Å²) in [6.45, 7) is 0.788. The SMILES string of the molecule is COc1ccc2nc(Nc3ccc(N4CCCC4=O)cc3)c3[nH]ncc3c2c1. The second-order valence-corrected chi connectivity index (χ2v) is 6.82. The van der Waals surface area contributed by atoms with Crippen LogP contribution in [0.2, 0.25) is 0 Å². The van der Waals surface area contributed by atoms with Crippen LogP contribution in [-0.2, 0) is 4.79 Å². The third-order valence-electron chi connectivity index (χ3n) is 5.12. The maximum Gasteiger partial charge on any atom is 0.227 e. The lowest BCUT2D eigenvalue weighted by Gasteiger charge is -2.16. The molecule has 2 aromatic carbocycles. The number of anilines is 3. The number of nitrogens with zero attached hydrogens (tertiary/aromatic N) is 3. The van der Waals surface area contributed by atoms with E-state index in [2.05, 4.69) is 15.5 Å². The molecule has 1 saturated heterocycles. The molecule has 0 unspecified atom stereocenters. The van der Waals surface area contributed by atoms with Crippen LogP contribution >= 0.6 is 0 Å². The summed E-state index contributed by atoms with van der Waals surface area (Å²) in [6, 6.07) is 13.6. The molecule has 0 spiro atoms. The molecule has 4 aromatic rings. The Morgan fingerprint density at radius 3 is 2.75 bits per heavy atom. The molecule has 2 aromatic heterocycles. The number of aromatic nitrogens is 3. The molecule has 140 valence electrons. The van der Waals surface area contributed by atoms with E-state index >= 15 is 0 Å². The molecule has 1 amide bonds. The first-order chi connectivity index (χ1) is 13.7. The molecule has 0 bridgehead atoms. The Bertz CT molecular complexity index is 1180. The molecule has 1 fully saturated rings. The molecule has 0 aliphatic carbocycles. The quantitative estimate of drug-likeness (QED) is 0.565. The molecule has 28 heavy (non-hydrogen) atoms. The van der Waals surface area contributed by atoms with Crippen LogP contribution in [0.4, 0.5) is 17.2 Å². The number of H-pyrrole nitrogens is 1. The van der Waals surface area contributed by atoms with Crippen molar-refractivity contribution in [1.82, 2.24) is 15.2 Å². The maximum atomic E-state index is 11.9. The zero-order valence-corrected chi connectivity index (χ0v) is 15.4. The van der Waals surface area contributed by atoms with E-state index in [1.54, 1.807) is 13.3 Å². The highest BCUT2D eigenvalue weighted by Crippen LogP contribution is 2.32. The summed E-state index contributed by atoms with van der Waals surface area (Å²) in [5.41, 5.74) is 3.51. The highest BCUT2D eigenvalue weighted by Gasteiger charge is 2.21. The van der Waals surface area contributed by atoms with E-state index in [-0.39, 0.29) is 5.91 Å². The van der Waals surface area contributed by atoms with Gasteiger partial charge in [-0.3, -0.25) is 9.89 Å². The Morgan fingerprint density at radius 1 is 1.14 bits per heavy atom. The number of amides is 1. The largest absolute Gasteiger partial charge is 0.497 e. The van der Waals surface area contributed by atoms with Crippen molar-refractivity contribution in [2.45, 2.75) is 12.8 Å². The van der Waals surface area contributed by atoms with E-state index in [1.807, 2.05) is 47.4 Å². The van der Waals surface area contributed by atoms with Crippen molar-refractivity contribution in [3.8, 4) is 5.75 Å². The Balaban J connectivity index is 1.50. The van der Waals surface area contributed by atoms with Gasteiger partial charge in [0.2, 0.25) is 5.91 Å². The van der Waals surface area contributed by atoms with Gasteiger partial charge in [0, 0.05) is 35.1 Å². The second-order valence-electron chi connectivity index (χ2n) is 6.82. The first-order valence-electron chi connectivity index (χ1n) is 9.21. The van der Waals surface area contributed by atoms with E-state index in [0.29, 0.717) is 12.2 Å². The number of aromatic amines is 1. The lowest BCUT2D eigenvalue weighted by atomic mass is 10.1. The molecule has 5 rings (SSSR count). The van der Waals surface area contributed by atoms with Crippen molar-refractivity contribution >= 4 is 44.9 Å². The number of carbonyl (C=O) groups is 1. The zero-order chi connectivity index (χ0) is 19.1. The van der Waals surface area contributed by atoms with Crippen LogP contribution < -0.4 is 15.0 Å². The summed E-state index contributed by atoms with van der Waals surface area (Å²) in [5, 5.41) is 12.6. The van der Waals surface area contributed by atoms with Crippen LogP contribution in [0.3, 0.4) is 0 Å². The van der Waals surface area contributed by atoms with Crippen LogP contribution in [0.5, 0.6) is 5.75 Å². The molecule has 1 aliphatic heterocycles. The first-order valence-corrected chi connectivity index (χ1v) is 9.21. The van der Waals surface area contributed by atoms with Gasteiger partial charge in [-0.1, -0.05) is 0 Å². The number of fused-ring (bicyclic) bond motifs is 3. The minimum atomic E-state index is 0.187. The number of ether oxygens (including phenoxy) is 1. The van der Waals surface area contributed by atoms with Gasteiger partial charge in [-0.15, -0.1) is 0 Å². The van der Waals surface area contributed by atoms with Crippen LogP contribution in [-0.4, -0.2) is 34.7 Å². The van der Waals surface area contributed by atoms with E-state index in [0.717, 1.165) is 51.9 Å². The second kappa shape index (κ2) is 6.53. The van der Waals surface area contributed by atoms with Crippen molar-refractivity contribution in [1.29, 1.82) is 0 Å². The van der Waals surface area contributed by atoms with Gasteiger partial charge in [-0.25, -0.2) is 4.98 Å². The van der Waals surface area contributed by atoms with Gasteiger partial charge < -0.3 is 15.0 Å². The van der Waals surface area contributed by atoms with Crippen LogP contribution in [0.25, 0.3) is 21.8 Å². The molecule has 1 aliphatic rings. The Morgan fingerprint density at radius 2 is 2.00 bits per heavy atom. The number of rotatable bonds is 4. The summed E-state index contributed by atoms with van der Waals surface area (Å²) >= 11 is 0. The highest BCUT2D eigenvalue weighted by molar-refractivity contribution is 6.09. The molecule has 3 heterocycles. The van der Waals surface area contributed by atoms with E-state index in [9.17, 15) is 4.79 Å². The standard InChI is InChI=1S/C21H19N5O2/c1-28-15-8-9-18-16(11-15)17-12-22-25-20(17)21(24-18)23-13-4-6-14(7-5-13)26-10-2-3-19(26)27/h4-9,11-12H,2-3,10H2,1H3,(H,22,25)(H,23,24). The van der Waals surface area contributed by atoms with E-state index in [1.165, 1.54) is 0 Å². The normalized spacial score (nSPS) is 14.2. The van der Waals surface area contributed by atoms with Crippen molar-refractivity contribution in [2.75, 3.05) is 23.9 Å². The number of nitrogens with one attached hydrogen (secondary N) is 2. The topological polar surface area (TPSA) is 83.1 Å². The molecular formula is C21H19N5O2. The molecule has 0 saturated carbocycles. The molecule has 0 atom stereocenters. The predicted molar refractivity (Wildman–Crippen MR) is 109 cm³/mol. The number of carbonyl (C=O) groups excluding carboxylic acids is 1. The first kappa shape index (κ1) is 16.6. The Kier molecular flexibility index (Phi) is 3.86. The molecular weight excluding hydrogens is 354 g/mol. The number of benzene rings is 2. The maximum absolute atomic E-state index is 11.9. The van der Waals surface area contributed by atoms with Gasteiger partial charge in [-0.05, 0) is 48.9 Å². The van der Waals surface area contributed by atoms with E-state index in [4.69, 9.17) is 9.72 Å². The van der Waals surface area contributed by atoms with Crippen molar-refractivity contribution < 1.29 is 9.53 Å². The Hall–Kier alpha value is -3.61. The van der Waals surface area contributed by atoms with Crippen LogP contribution in [0.1, 0.15) is 12.8 Å². The third-order valence-corrected chi connectivity index (χ3v) is 5.12. The average molecular weight is 373 g/mol. The lowest BCUT2D eigenvalue weighted by molar-refractivity contribution is -0.117. The fourth-order valence-corrected chi connectivity index (χ4v) is 3.68. The van der Waals surface area contributed by atoms with Gasteiger partial charge in [0.1, 0.15) is 11.3 Å². The summed E-state index contributed by atoms with van der Waals surface area (Å²) in [4.78, 5) is 18.5. The average Bonchev–Trinajstić information content (AvgIpc) is 3.38. The minimum Gasteiger partial charge on any atom is -0.497 e. The molecule has 7 nitrogen and oxygen atoms in total. The van der Waals surface area contributed by atoms with Crippen LogP contribution in [0.15, 0.2) is 48.7 Å². The summed E-state index contributed by atoms with van der Waals surface area (Å²) < 4.78 is 5.33. The van der Waals surface area contributed by atoms with Crippen molar-refractivity contribution in [3.63, 3.8) is 0 Å². The number of methoxy groups -OCH3 is 1. The fourth-order valence-electron chi connectivity index (χ4n) is 3.68. The van der Waals surface area contributed by atoms with Crippen LogP contribution in [0, 0.1) is 0 Å². The lowest BCUT2D eigenvalue weighted by Crippen LogP contribution is -2.23. The van der Waals surface area contributed by atoms with Gasteiger partial charge in [0.25, 0.3) is 0 Å². The number of hydrogen-bond donors (Lipinski definition) is 2. The zero-order valence-electron chi connectivity index (χ0n) is 15.4.